The van der Waals surface area contributed by atoms with Crippen LogP contribution in [0, 0.1) is 35.0 Å². The van der Waals surface area contributed by atoms with Crippen LogP contribution in [0.15, 0.2) is 54.6 Å². The monoisotopic (exact) mass is 638 g/mol. The van der Waals surface area contributed by atoms with Crippen LogP contribution in [-0.4, -0.2) is 59.2 Å². The topological polar surface area (TPSA) is 89.5 Å². The Morgan fingerprint density at radius 3 is 2.20 bits per heavy atom. The summed E-state index contributed by atoms with van der Waals surface area (Å²) in [5.74, 6) is 6.11. The van der Waals surface area contributed by atoms with E-state index < -0.39 is 11.7 Å². The fourth-order valence-electron chi connectivity index (χ4n) is 5.52. The number of ether oxygens (including phenoxy) is 6. The zero-order valence-corrected chi connectivity index (χ0v) is 29.2. The molecule has 0 amide bonds. The van der Waals surface area contributed by atoms with E-state index in [-0.39, 0.29) is 54.7 Å². The standard InChI is InChI=1S/C38H54O8/c1-27(18-20-34(42-7)31-16-13-17-32(22-31)45-25-30-14-11-10-12-15-30)37(46-26-41-6)28(2)19-21-35(40)38(4,5)24-29(3)33(39)23-36(43-8)44-9/h10-17,22,27-29,34,36-37H,18,20,23-26H2,1-9H3/t27-,28-,29+,34-,37+/m0/s1. The Balaban J connectivity index is 2.04. The van der Waals surface area contributed by atoms with Crippen molar-refractivity contribution in [1.29, 1.82) is 0 Å². The summed E-state index contributed by atoms with van der Waals surface area (Å²) in [6, 6.07) is 18.1. The van der Waals surface area contributed by atoms with E-state index in [2.05, 4.69) is 24.8 Å². The lowest BCUT2D eigenvalue weighted by Crippen LogP contribution is -2.31. The molecular weight excluding hydrogens is 584 g/mol. The van der Waals surface area contributed by atoms with Gasteiger partial charge in [-0.3, -0.25) is 9.59 Å². The maximum atomic E-state index is 13.2. The SMILES string of the molecule is COCO[C@@H]([C@@H](C)C#CC(=O)C(C)(C)C[C@@H](C)C(=O)CC(OC)OC)[C@@H](C)CC[C@H](OC)c1cccc(OCc2ccccc2)c1. The fraction of sp³-hybridized carbons (Fsp3) is 0.579. The average molecular weight is 639 g/mol. The van der Waals surface area contributed by atoms with Gasteiger partial charge in [0.05, 0.1) is 18.6 Å². The molecule has 0 aliphatic rings. The van der Waals surface area contributed by atoms with Crippen LogP contribution in [0.25, 0.3) is 0 Å². The first-order valence-corrected chi connectivity index (χ1v) is 16.0. The predicted octanol–water partition coefficient (Wildman–Crippen LogP) is 7.20. The quantitative estimate of drug-likeness (QED) is 0.0806. The minimum atomic E-state index is -0.795. The highest BCUT2D eigenvalue weighted by Crippen LogP contribution is 2.31. The third-order valence-corrected chi connectivity index (χ3v) is 8.37. The minimum absolute atomic E-state index is 0.0152. The Hall–Kier alpha value is -3.06. The number of benzene rings is 2. The van der Waals surface area contributed by atoms with E-state index in [9.17, 15) is 9.59 Å². The molecule has 8 nitrogen and oxygen atoms in total. The van der Waals surface area contributed by atoms with E-state index in [0.717, 1.165) is 29.7 Å². The summed E-state index contributed by atoms with van der Waals surface area (Å²) in [7, 11) is 6.30. The van der Waals surface area contributed by atoms with E-state index in [1.807, 2.05) is 76.2 Å². The molecule has 0 radical (unpaired) electrons. The average Bonchev–Trinajstić information content (AvgIpc) is 3.05. The van der Waals surface area contributed by atoms with E-state index in [0.29, 0.717) is 13.0 Å². The van der Waals surface area contributed by atoms with Crippen molar-refractivity contribution in [1.82, 2.24) is 0 Å². The number of methoxy groups -OCH3 is 4. The molecule has 0 heterocycles. The summed E-state index contributed by atoms with van der Waals surface area (Å²) in [5.41, 5.74) is 1.36. The summed E-state index contributed by atoms with van der Waals surface area (Å²) < 4.78 is 33.5. The molecule has 5 atom stereocenters. The Labute approximate surface area is 276 Å². The lowest BCUT2D eigenvalue weighted by atomic mass is 9.78. The van der Waals surface area contributed by atoms with Crippen LogP contribution >= 0.6 is 0 Å². The zero-order valence-electron chi connectivity index (χ0n) is 29.2. The second-order valence-electron chi connectivity index (χ2n) is 12.6. The summed E-state index contributed by atoms with van der Waals surface area (Å²) in [5, 5.41) is 0. The van der Waals surface area contributed by atoms with Crippen LogP contribution in [0.3, 0.4) is 0 Å². The minimum Gasteiger partial charge on any atom is -0.489 e. The van der Waals surface area contributed by atoms with Crippen LogP contribution in [-0.2, 0) is 39.9 Å². The molecule has 0 aliphatic heterocycles. The van der Waals surface area contributed by atoms with Gasteiger partial charge in [-0.05, 0) is 61.3 Å². The number of hydrogen-bond acceptors (Lipinski definition) is 8. The van der Waals surface area contributed by atoms with Crippen LogP contribution < -0.4 is 4.74 Å². The molecule has 0 unspecified atom stereocenters. The summed E-state index contributed by atoms with van der Waals surface area (Å²) >= 11 is 0. The van der Waals surface area contributed by atoms with Gasteiger partial charge in [-0.25, -0.2) is 0 Å². The molecule has 254 valence electrons. The maximum absolute atomic E-state index is 13.2. The first kappa shape index (κ1) is 39.1. The molecule has 8 heteroatoms. The van der Waals surface area contributed by atoms with E-state index in [1.54, 1.807) is 14.2 Å². The van der Waals surface area contributed by atoms with Gasteiger partial charge in [0, 0.05) is 45.7 Å². The molecule has 0 fully saturated rings. The van der Waals surface area contributed by atoms with Crippen molar-refractivity contribution in [3.8, 4) is 17.6 Å². The van der Waals surface area contributed by atoms with Crippen molar-refractivity contribution >= 4 is 11.6 Å². The highest BCUT2D eigenvalue weighted by molar-refractivity contribution is 6.00. The summed E-state index contributed by atoms with van der Waals surface area (Å²) in [4.78, 5) is 25.9. The van der Waals surface area contributed by atoms with Crippen LogP contribution in [0.5, 0.6) is 5.75 Å². The third-order valence-electron chi connectivity index (χ3n) is 8.37. The Morgan fingerprint density at radius 1 is 0.870 bits per heavy atom. The number of Topliss-reactive ketones (excluding diaryl/α,β-unsaturated/α-hetero) is 2. The second kappa shape index (κ2) is 20.2. The van der Waals surface area contributed by atoms with E-state index >= 15 is 0 Å². The lowest BCUT2D eigenvalue weighted by Gasteiger charge is -2.28. The fourth-order valence-corrected chi connectivity index (χ4v) is 5.52. The summed E-state index contributed by atoms with van der Waals surface area (Å²) in [6.45, 7) is 10.2. The van der Waals surface area contributed by atoms with Gasteiger partial charge >= 0.3 is 0 Å². The molecule has 2 aromatic carbocycles. The smallest absolute Gasteiger partial charge is 0.211 e. The van der Waals surface area contributed by atoms with Crippen molar-refractivity contribution in [2.24, 2.45) is 23.2 Å². The molecule has 0 aliphatic carbocycles. The van der Waals surface area contributed by atoms with Gasteiger partial charge in [0.25, 0.3) is 0 Å². The molecule has 0 bridgehead atoms. The van der Waals surface area contributed by atoms with Gasteiger partial charge in [0.15, 0.2) is 6.29 Å². The van der Waals surface area contributed by atoms with E-state index in [1.165, 1.54) is 14.2 Å². The van der Waals surface area contributed by atoms with Gasteiger partial charge in [-0.15, -0.1) is 0 Å². The second-order valence-corrected chi connectivity index (χ2v) is 12.6. The summed E-state index contributed by atoms with van der Waals surface area (Å²) in [6.07, 6.45) is 1.10. The van der Waals surface area contributed by atoms with Gasteiger partial charge < -0.3 is 28.4 Å². The van der Waals surface area contributed by atoms with Gasteiger partial charge in [0.2, 0.25) is 5.78 Å². The van der Waals surface area contributed by atoms with Crippen molar-refractivity contribution < 1.29 is 38.0 Å². The van der Waals surface area contributed by atoms with Crippen molar-refractivity contribution in [2.75, 3.05) is 35.2 Å². The normalized spacial score (nSPS) is 14.9. The van der Waals surface area contributed by atoms with Crippen molar-refractivity contribution in [3.63, 3.8) is 0 Å². The first-order chi connectivity index (χ1) is 21.9. The molecule has 0 N–H and O–H groups in total. The third kappa shape index (κ3) is 13.0. The highest BCUT2D eigenvalue weighted by atomic mass is 16.7. The van der Waals surface area contributed by atoms with Gasteiger partial charge in [0.1, 0.15) is 24.9 Å². The molecular formula is C38H54O8. The number of carbonyl (C=O) groups excluding carboxylic acids is 2. The molecule has 2 rings (SSSR count). The predicted molar refractivity (Wildman–Crippen MR) is 179 cm³/mol. The molecule has 2 aromatic rings. The van der Waals surface area contributed by atoms with Gasteiger partial charge in [-0.2, -0.15) is 0 Å². The zero-order chi connectivity index (χ0) is 34.1. The van der Waals surface area contributed by atoms with Crippen LogP contribution in [0.1, 0.15) is 77.5 Å². The highest BCUT2D eigenvalue weighted by Gasteiger charge is 2.32. The van der Waals surface area contributed by atoms with Crippen molar-refractivity contribution in [2.45, 2.75) is 85.4 Å². The number of rotatable bonds is 21. The number of hydrogen-bond donors (Lipinski definition) is 0. The first-order valence-electron chi connectivity index (χ1n) is 16.0. The van der Waals surface area contributed by atoms with Crippen molar-refractivity contribution in [3.05, 3.63) is 65.7 Å². The molecule has 0 spiro atoms. The Morgan fingerprint density at radius 2 is 1.57 bits per heavy atom. The number of carbonyl (C=O) groups is 2. The van der Waals surface area contributed by atoms with Crippen LogP contribution in [0.4, 0.5) is 0 Å². The largest absolute Gasteiger partial charge is 0.489 e. The molecule has 0 saturated carbocycles. The molecule has 0 aromatic heterocycles. The Bertz CT molecular complexity index is 1240. The lowest BCUT2D eigenvalue weighted by molar-refractivity contribution is -0.141. The molecule has 46 heavy (non-hydrogen) atoms. The Kier molecular flexibility index (Phi) is 17.2. The number of ketones is 2. The van der Waals surface area contributed by atoms with E-state index in [4.69, 9.17) is 28.4 Å². The maximum Gasteiger partial charge on any atom is 0.211 e. The molecule has 0 saturated heterocycles. The van der Waals surface area contributed by atoms with Gasteiger partial charge in [-0.1, -0.05) is 76.1 Å². The van der Waals surface area contributed by atoms with Crippen LogP contribution in [0.2, 0.25) is 0 Å².